The van der Waals surface area contributed by atoms with Gasteiger partial charge < -0.3 is 10.1 Å². The second-order valence-electron chi connectivity index (χ2n) is 5.35. The van der Waals surface area contributed by atoms with Crippen LogP contribution in [0.25, 0.3) is 0 Å². The quantitative estimate of drug-likeness (QED) is 0.881. The predicted molar refractivity (Wildman–Crippen MR) is 80.4 cm³/mol. The van der Waals surface area contributed by atoms with E-state index >= 15 is 0 Å². The predicted octanol–water partition coefficient (Wildman–Crippen LogP) is 1.99. The number of aromatic nitrogens is 2. The molecule has 1 atom stereocenters. The molecule has 1 unspecified atom stereocenters. The molecule has 0 fully saturated rings. The van der Waals surface area contributed by atoms with E-state index in [0.717, 1.165) is 17.7 Å². The lowest BCUT2D eigenvalue weighted by Gasteiger charge is -2.27. The SMILES string of the molecule is Cc1nc2c(c(=O)n1CC=O)NC(c1ccc(F)cc1)CC2. The Bertz CT molecular complexity index is 768. The normalized spacial score (nSPS) is 16.7. The van der Waals surface area contributed by atoms with Gasteiger partial charge in [-0.25, -0.2) is 9.37 Å². The molecule has 0 saturated heterocycles. The van der Waals surface area contributed by atoms with E-state index in [9.17, 15) is 14.0 Å². The Balaban J connectivity index is 1.98. The first-order chi connectivity index (χ1) is 10.6. The molecule has 2 heterocycles. The van der Waals surface area contributed by atoms with E-state index in [4.69, 9.17) is 0 Å². The van der Waals surface area contributed by atoms with Crippen LogP contribution in [0.2, 0.25) is 0 Å². The van der Waals surface area contributed by atoms with Crippen LogP contribution in [0, 0.1) is 12.7 Å². The summed E-state index contributed by atoms with van der Waals surface area (Å²) in [5.41, 5.74) is 1.85. The summed E-state index contributed by atoms with van der Waals surface area (Å²) >= 11 is 0. The summed E-state index contributed by atoms with van der Waals surface area (Å²) in [6, 6.07) is 6.18. The van der Waals surface area contributed by atoms with Gasteiger partial charge in [-0.3, -0.25) is 9.36 Å². The van der Waals surface area contributed by atoms with Crippen molar-refractivity contribution in [1.82, 2.24) is 9.55 Å². The minimum Gasteiger partial charge on any atom is -0.372 e. The highest BCUT2D eigenvalue weighted by molar-refractivity contribution is 5.53. The molecule has 0 saturated carbocycles. The maximum atomic E-state index is 13.0. The Hall–Kier alpha value is -2.50. The zero-order chi connectivity index (χ0) is 15.7. The molecule has 1 aliphatic rings. The Morgan fingerprint density at radius 3 is 2.82 bits per heavy atom. The van der Waals surface area contributed by atoms with Crippen molar-refractivity contribution in [1.29, 1.82) is 0 Å². The van der Waals surface area contributed by atoms with Gasteiger partial charge in [-0.05, 0) is 37.5 Å². The van der Waals surface area contributed by atoms with Gasteiger partial charge in [0.1, 0.15) is 23.6 Å². The van der Waals surface area contributed by atoms with Crippen LogP contribution in [-0.2, 0) is 17.8 Å². The largest absolute Gasteiger partial charge is 0.372 e. The number of halogens is 1. The monoisotopic (exact) mass is 301 g/mol. The number of benzene rings is 1. The summed E-state index contributed by atoms with van der Waals surface area (Å²) in [5.74, 6) is 0.253. The molecule has 1 N–H and O–H groups in total. The lowest BCUT2D eigenvalue weighted by atomic mass is 9.96. The highest BCUT2D eigenvalue weighted by atomic mass is 19.1. The van der Waals surface area contributed by atoms with Crippen LogP contribution in [0.1, 0.15) is 29.5 Å². The van der Waals surface area contributed by atoms with Crippen molar-refractivity contribution in [2.75, 3.05) is 5.32 Å². The number of aryl methyl sites for hydroxylation is 2. The Labute approximate surface area is 126 Å². The molecule has 1 aliphatic heterocycles. The summed E-state index contributed by atoms with van der Waals surface area (Å²) < 4.78 is 14.4. The average molecular weight is 301 g/mol. The molecule has 1 aromatic heterocycles. The van der Waals surface area contributed by atoms with E-state index < -0.39 is 0 Å². The minimum absolute atomic E-state index is 0.00611. The number of fused-ring (bicyclic) bond motifs is 1. The first-order valence-electron chi connectivity index (χ1n) is 7.16. The zero-order valence-corrected chi connectivity index (χ0v) is 12.2. The van der Waals surface area contributed by atoms with Crippen LogP contribution in [0.4, 0.5) is 10.1 Å². The fourth-order valence-corrected chi connectivity index (χ4v) is 2.80. The van der Waals surface area contributed by atoms with Crippen LogP contribution < -0.4 is 10.9 Å². The zero-order valence-electron chi connectivity index (χ0n) is 12.2. The van der Waals surface area contributed by atoms with Crippen LogP contribution in [0.15, 0.2) is 29.1 Å². The molecule has 0 spiro atoms. The van der Waals surface area contributed by atoms with Crippen LogP contribution >= 0.6 is 0 Å². The summed E-state index contributed by atoms with van der Waals surface area (Å²) in [6.07, 6.45) is 2.13. The van der Waals surface area contributed by atoms with E-state index in [1.54, 1.807) is 19.1 Å². The Morgan fingerprint density at radius 2 is 2.14 bits per heavy atom. The third-order valence-corrected chi connectivity index (χ3v) is 3.95. The summed E-state index contributed by atoms with van der Waals surface area (Å²) in [7, 11) is 0. The van der Waals surface area contributed by atoms with E-state index in [0.29, 0.717) is 24.2 Å². The van der Waals surface area contributed by atoms with Gasteiger partial charge in [-0.15, -0.1) is 0 Å². The molecule has 0 amide bonds. The van der Waals surface area contributed by atoms with Crippen molar-refractivity contribution in [3.05, 3.63) is 57.5 Å². The van der Waals surface area contributed by atoms with E-state index in [-0.39, 0.29) is 24.0 Å². The first-order valence-corrected chi connectivity index (χ1v) is 7.16. The third kappa shape index (κ3) is 2.52. The molecule has 3 rings (SSSR count). The number of carbonyl (C=O) groups is 1. The molecular weight excluding hydrogens is 285 g/mol. The second-order valence-corrected chi connectivity index (χ2v) is 5.35. The van der Waals surface area contributed by atoms with Gasteiger partial charge >= 0.3 is 0 Å². The van der Waals surface area contributed by atoms with Crippen LogP contribution in [0.5, 0.6) is 0 Å². The maximum absolute atomic E-state index is 13.0. The molecule has 0 aliphatic carbocycles. The Kier molecular flexibility index (Phi) is 3.75. The van der Waals surface area contributed by atoms with Crippen molar-refractivity contribution in [3.63, 3.8) is 0 Å². The topological polar surface area (TPSA) is 64.0 Å². The van der Waals surface area contributed by atoms with E-state index in [1.807, 2.05) is 0 Å². The van der Waals surface area contributed by atoms with Crippen molar-refractivity contribution >= 4 is 12.0 Å². The highest BCUT2D eigenvalue weighted by Gasteiger charge is 2.24. The van der Waals surface area contributed by atoms with Gasteiger partial charge in [0, 0.05) is 0 Å². The number of anilines is 1. The fourth-order valence-electron chi connectivity index (χ4n) is 2.80. The van der Waals surface area contributed by atoms with Crippen molar-refractivity contribution in [2.45, 2.75) is 32.4 Å². The molecule has 1 aromatic carbocycles. The summed E-state index contributed by atoms with van der Waals surface area (Å²) in [6.45, 7) is 1.71. The third-order valence-electron chi connectivity index (χ3n) is 3.95. The number of carbonyl (C=O) groups excluding carboxylic acids is 1. The molecule has 5 nitrogen and oxygen atoms in total. The van der Waals surface area contributed by atoms with Crippen LogP contribution in [0.3, 0.4) is 0 Å². The lowest BCUT2D eigenvalue weighted by molar-refractivity contribution is -0.108. The highest BCUT2D eigenvalue weighted by Crippen LogP contribution is 2.29. The average Bonchev–Trinajstić information content (AvgIpc) is 2.52. The smallest absolute Gasteiger partial charge is 0.277 e. The molecule has 22 heavy (non-hydrogen) atoms. The van der Waals surface area contributed by atoms with Gasteiger partial charge in [-0.2, -0.15) is 0 Å². The molecule has 2 aromatic rings. The van der Waals surface area contributed by atoms with Gasteiger partial charge in [0.25, 0.3) is 5.56 Å². The van der Waals surface area contributed by atoms with Crippen molar-refractivity contribution in [3.8, 4) is 0 Å². The van der Waals surface area contributed by atoms with Gasteiger partial charge in [-0.1, -0.05) is 12.1 Å². The second kappa shape index (κ2) is 5.71. The summed E-state index contributed by atoms with van der Waals surface area (Å²) in [4.78, 5) is 27.6. The number of hydrogen-bond donors (Lipinski definition) is 1. The van der Waals surface area contributed by atoms with Gasteiger partial charge in [0.15, 0.2) is 0 Å². The molecule has 0 bridgehead atoms. The maximum Gasteiger partial charge on any atom is 0.277 e. The van der Waals surface area contributed by atoms with Crippen molar-refractivity contribution in [2.24, 2.45) is 0 Å². The molecule has 0 radical (unpaired) electrons. The van der Waals surface area contributed by atoms with Gasteiger partial charge in [0.05, 0.1) is 18.3 Å². The Morgan fingerprint density at radius 1 is 1.41 bits per heavy atom. The molecular formula is C16H16FN3O2. The number of nitrogens with one attached hydrogen (secondary N) is 1. The lowest BCUT2D eigenvalue weighted by Crippen LogP contribution is -2.32. The van der Waals surface area contributed by atoms with Gasteiger partial charge in [0.2, 0.25) is 0 Å². The first kappa shape index (κ1) is 14.4. The van der Waals surface area contributed by atoms with Crippen LogP contribution in [-0.4, -0.2) is 15.8 Å². The number of aldehydes is 1. The molecule has 114 valence electrons. The number of hydrogen-bond acceptors (Lipinski definition) is 4. The molecule has 6 heteroatoms. The minimum atomic E-state index is -0.286. The summed E-state index contributed by atoms with van der Waals surface area (Å²) in [5, 5.41) is 3.19. The fraction of sp³-hybridized carbons (Fsp3) is 0.312. The van der Waals surface area contributed by atoms with Crippen molar-refractivity contribution < 1.29 is 9.18 Å². The number of nitrogens with zero attached hydrogens (tertiary/aromatic N) is 2. The van der Waals surface area contributed by atoms with E-state index in [2.05, 4.69) is 10.3 Å². The standard InChI is InChI=1S/C16H16FN3O2/c1-10-18-14-7-6-13(11-2-4-12(17)5-3-11)19-15(14)16(22)20(10)8-9-21/h2-5,9,13,19H,6-8H2,1H3. The van der Waals surface area contributed by atoms with E-state index in [1.165, 1.54) is 16.7 Å². The number of rotatable bonds is 3.